The highest BCUT2D eigenvalue weighted by Gasteiger charge is 2.28. The highest BCUT2D eigenvalue weighted by atomic mass is 79.9. The van der Waals surface area contributed by atoms with Gasteiger partial charge in [0.25, 0.3) is 5.91 Å². The molecule has 0 saturated heterocycles. The van der Waals surface area contributed by atoms with E-state index < -0.39 is 10.0 Å². The fourth-order valence-corrected chi connectivity index (χ4v) is 7.34. The second-order valence-electron chi connectivity index (χ2n) is 8.41. The molecule has 1 aliphatic rings. The molecular weight excluding hydrogens is 593 g/mol. The third kappa shape index (κ3) is 5.77. The van der Waals surface area contributed by atoms with Gasteiger partial charge in [0.05, 0.1) is 10.9 Å². The van der Waals surface area contributed by atoms with E-state index in [-0.39, 0.29) is 22.4 Å². The molecule has 2 heterocycles. The Morgan fingerprint density at radius 2 is 1.97 bits per heavy atom. The minimum absolute atomic E-state index is 0.0356. The molecule has 1 unspecified atom stereocenters. The lowest BCUT2D eigenvalue weighted by Gasteiger charge is -2.35. The molecule has 1 N–H and O–H groups in total. The van der Waals surface area contributed by atoms with Crippen LogP contribution in [0.4, 0.5) is 0 Å². The van der Waals surface area contributed by atoms with Crippen LogP contribution < -0.4 is 5.32 Å². The number of hydrogen-bond acceptors (Lipinski definition) is 5. The SMILES string of the molecule is CN(C)S(=O)(=O)c1cc(C(=O)NCC(c2ccc(Cl)cc2Cl)N2CCc3sccc3C2)ccc1Br. The minimum Gasteiger partial charge on any atom is -0.350 e. The first-order valence-corrected chi connectivity index (χ1v) is 14.7. The summed E-state index contributed by atoms with van der Waals surface area (Å²) in [6.45, 7) is 1.88. The molecule has 35 heavy (non-hydrogen) atoms. The van der Waals surface area contributed by atoms with E-state index in [0.717, 1.165) is 29.4 Å². The van der Waals surface area contributed by atoms with E-state index in [1.165, 1.54) is 30.6 Å². The first-order chi connectivity index (χ1) is 16.6. The molecule has 1 aliphatic heterocycles. The number of hydrogen-bond donors (Lipinski definition) is 1. The van der Waals surface area contributed by atoms with E-state index in [4.69, 9.17) is 23.2 Å². The van der Waals surface area contributed by atoms with E-state index >= 15 is 0 Å². The minimum atomic E-state index is -3.72. The van der Waals surface area contributed by atoms with Gasteiger partial charge in [-0.3, -0.25) is 9.69 Å². The predicted octanol–water partition coefficient (Wildman–Crippen LogP) is 5.60. The summed E-state index contributed by atoms with van der Waals surface area (Å²) in [4.78, 5) is 16.8. The van der Waals surface area contributed by atoms with Crippen molar-refractivity contribution in [2.45, 2.75) is 23.9 Å². The van der Waals surface area contributed by atoms with Gasteiger partial charge in [-0.2, -0.15) is 0 Å². The van der Waals surface area contributed by atoms with Gasteiger partial charge in [-0.25, -0.2) is 12.7 Å². The van der Waals surface area contributed by atoms with Crippen molar-refractivity contribution in [3.8, 4) is 0 Å². The van der Waals surface area contributed by atoms with Gasteiger partial charge in [0.2, 0.25) is 10.0 Å². The topological polar surface area (TPSA) is 69.7 Å². The number of carbonyl (C=O) groups is 1. The van der Waals surface area contributed by atoms with Crippen molar-refractivity contribution in [2.24, 2.45) is 0 Å². The Hall–Kier alpha value is -1.46. The molecular formula is C24H24BrCl2N3O3S2. The standard InChI is InChI=1S/C24H24BrCl2N3O3S2/c1-29(2)35(32,33)23-11-15(3-6-19(23)25)24(31)28-13-21(18-5-4-17(26)12-20(18)27)30-9-7-22-16(14-30)8-10-34-22/h3-6,8,10-12,21H,7,9,13-14H2,1-2H3,(H,28,31). The van der Waals surface area contributed by atoms with Gasteiger partial charge < -0.3 is 5.32 Å². The van der Waals surface area contributed by atoms with Crippen molar-refractivity contribution in [2.75, 3.05) is 27.2 Å². The number of fused-ring (bicyclic) bond motifs is 1. The van der Waals surface area contributed by atoms with Crippen molar-refractivity contribution in [1.29, 1.82) is 0 Å². The van der Waals surface area contributed by atoms with Crippen molar-refractivity contribution in [3.63, 3.8) is 0 Å². The van der Waals surface area contributed by atoms with Gasteiger partial charge in [0.15, 0.2) is 0 Å². The summed E-state index contributed by atoms with van der Waals surface area (Å²) in [5.41, 5.74) is 2.42. The Balaban J connectivity index is 1.59. The van der Waals surface area contributed by atoms with Crippen LogP contribution in [0.2, 0.25) is 10.0 Å². The zero-order chi connectivity index (χ0) is 25.3. The molecule has 1 atom stereocenters. The van der Waals surface area contributed by atoms with Crippen molar-refractivity contribution >= 4 is 66.4 Å². The zero-order valence-electron chi connectivity index (χ0n) is 19.1. The van der Waals surface area contributed by atoms with Crippen LogP contribution in [-0.4, -0.2) is 50.7 Å². The number of amides is 1. The average molecular weight is 617 g/mol. The molecule has 11 heteroatoms. The molecule has 1 amide bonds. The van der Waals surface area contributed by atoms with Gasteiger partial charge in [0, 0.05) is 58.7 Å². The number of nitrogens with one attached hydrogen (secondary N) is 1. The summed E-state index contributed by atoms with van der Waals surface area (Å²) < 4.78 is 26.8. The van der Waals surface area contributed by atoms with Gasteiger partial charge in [0.1, 0.15) is 0 Å². The van der Waals surface area contributed by atoms with Crippen molar-refractivity contribution in [3.05, 3.63) is 83.9 Å². The maximum Gasteiger partial charge on any atom is 0.251 e. The van der Waals surface area contributed by atoms with Crippen LogP contribution in [-0.2, 0) is 23.0 Å². The molecule has 0 spiro atoms. The maximum absolute atomic E-state index is 13.1. The summed E-state index contributed by atoms with van der Waals surface area (Å²) >= 11 is 17.8. The lowest BCUT2D eigenvalue weighted by molar-refractivity contribution is 0.0928. The molecule has 4 rings (SSSR count). The predicted molar refractivity (Wildman–Crippen MR) is 145 cm³/mol. The summed E-state index contributed by atoms with van der Waals surface area (Å²) in [5, 5.41) is 6.18. The Morgan fingerprint density at radius 3 is 2.69 bits per heavy atom. The third-order valence-electron chi connectivity index (χ3n) is 6.01. The molecule has 0 fully saturated rings. The molecule has 0 aliphatic carbocycles. The van der Waals surface area contributed by atoms with E-state index in [0.29, 0.717) is 21.1 Å². The van der Waals surface area contributed by atoms with Gasteiger partial charge in [-0.1, -0.05) is 29.3 Å². The fraction of sp³-hybridized carbons (Fsp3) is 0.292. The average Bonchev–Trinajstić information content (AvgIpc) is 3.28. The Kier molecular flexibility index (Phi) is 8.27. The number of halogens is 3. The van der Waals surface area contributed by atoms with Crippen LogP contribution in [0.3, 0.4) is 0 Å². The molecule has 0 radical (unpaired) electrons. The highest BCUT2D eigenvalue weighted by Crippen LogP contribution is 2.34. The lowest BCUT2D eigenvalue weighted by atomic mass is 10.0. The molecule has 6 nitrogen and oxygen atoms in total. The zero-order valence-corrected chi connectivity index (χ0v) is 23.8. The summed E-state index contributed by atoms with van der Waals surface area (Å²) in [6.07, 6.45) is 0.932. The smallest absolute Gasteiger partial charge is 0.251 e. The molecule has 1 aromatic heterocycles. The largest absolute Gasteiger partial charge is 0.350 e. The quantitative estimate of drug-likeness (QED) is 0.375. The number of benzene rings is 2. The molecule has 3 aromatic rings. The van der Waals surface area contributed by atoms with Gasteiger partial charge in [-0.05, 0) is 75.3 Å². The van der Waals surface area contributed by atoms with Crippen LogP contribution in [0.15, 0.2) is 57.2 Å². The van der Waals surface area contributed by atoms with Crippen LogP contribution >= 0.6 is 50.5 Å². The third-order valence-corrected chi connectivity index (χ3v) is 10.4. The van der Waals surface area contributed by atoms with Gasteiger partial charge in [-0.15, -0.1) is 11.3 Å². The maximum atomic E-state index is 13.1. The van der Waals surface area contributed by atoms with E-state index in [2.05, 4.69) is 37.6 Å². The van der Waals surface area contributed by atoms with Crippen LogP contribution in [0.5, 0.6) is 0 Å². The Bertz CT molecular complexity index is 1360. The summed E-state index contributed by atoms with van der Waals surface area (Å²) in [6, 6.07) is 11.9. The second kappa shape index (κ2) is 10.9. The van der Waals surface area contributed by atoms with Crippen LogP contribution in [0.1, 0.15) is 32.4 Å². The fourth-order valence-electron chi connectivity index (χ4n) is 4.07. The molecule has 0 bridgehead atoms. The van der Waals surface area contributed by atoms with E-state index in [1.54, 1.807) is 35.6 Å². The van der Waals surface area contributed by atoms with Crippen LogP contribution in [0.25, 0.3) is 0 Å². The number of thiophene rings is 1. The van der Waals surface area contributed by atoms with Crippen molar-refractivity contribution < 1.29 is 13.2 Å². The molecule has 186 valence electrons. The normalized spacial score (nSPS) is 15.1. The number of carbonyl (C=O) groups excluding carboxylic acids is 1. The Morgan fingerprint density at radius 1 is 1.20 bits per heavy atom. The second-order valence-corrected chi connectivity index (χ2v) is 13.2. The molecule has 2 aromatic carbocycles. The van der Waals surface area contributed by atoms with E-state index in [9.17, 15) is 13.2 Å². The van der Waals surface area contributed by atoms with Crippen LogP contribution in [0, 0.1) is 0 Å². The first-order valence-electron chi connectivity index (χ1n) is 10.8. The summed E-state index contributed by atoms with van der Waals surface area (Å²) in [5.74, 6) is -0.365. The van der Waals surface area contributed by atoms with Crippen molar-refractivity contribution in [1.82, 2.24) is 14.5 Å². The van der Waals surface area contributed by atoms with Gasteiger partial charge >= 0.3 is 0 Å². The number of nitrogens with zero attached hydrogens (tertiary/aromatic N) is 2. The van der Waals surface area contributed by atoms with E-state index in [1.807, 2.05) is 6.07 Å². The number of sulfonamides is 1. The first kappa shape index (κ1) is 26.6. The monoisotopic (exact) mass is 615 g/mol. The lowest BCUT2D eigenvalue weighted by Crippen LogP contribution is -2.40. The Labute approximate surface area is 228 Å². The summed E-state index contributed by atoms with van der Waals surface area (Å²) in [7, 11) is -0.817. The number of rotatable bonds is 7. The highest BCUT2D eigenvalue weighted by molar-refractivity contribution is 9.10. The molecule has 0 saturated carbocycles.